The summed E-state index contributed by atoms with van der Waals surface area (Å²) < 4.78 is 42.6. The monoisotopic (exact) mass is 400 g/mol. The Balaban J connectivity index is 1.94. The molecular formula is C18H19F3N2O5. The van der Waals surface area contributed by atoms with Gasteiger partial charge in [0.1, 0.15) is 13.1 Å². The summed E-state index contributed by atoms with van der Waals surface area (Å²) in [6, 6.07) is 6.24. The van der Waals surface area contributed by atoms with Gasteiger partial charge in [0.2, 0.25) is 5.91 Å². The molecule has 0 N–H and O–H groups in total. The molecule has 28 heavy (non-hydrogen) atoms. The van der Waals surface area contributed by atoms with Crippen LogP contribution in [0.5, 0.6) is 0 Å². The van der Waals surface area contributed by atoms with E-state index in [9.17, 15) is 32.3 Å². The van der Waals surface area contributed by atoms with Crippen LogP contribution in [-0.2, 0) is 14.3 Å². The zero-order chi connectivity index (χ0) is 20.9. The van der Waals surface area contributed by atoms with Crippen LogP contribution in [0.15, 0.2) is 24.3 Å². The van der Waals surface area contributed by atoms with Gasteiger partial charge in [0.05, 0.1) is 17.7 Å². The Bertz CT molecular complexity index is 744. The van der Waals surface area contributed by atoms with E-state index in [1.54, 1.807) is 12.1 Å². The highest BCUT2D eigenvalue weighted by Gasteiger charge is 2.36. The first-order valence-corrected chi connectivity index (χ1v) is 8.59. The van der Waals surface area contributed by atoms with Gasteiger partial charge < -0.3 is 9.64 Å². The zero-order valence-corrected chi connectivity index (χ0v) is 15.1. The maximum absolute atomic E-state index is 12.7. The SMILES string of the molecule is CCOC(=O)CN(CC(F)(F)F)C(=O)CCCN1C(=O)c2ccccc2C1=O. The second-order valence-corrected chi connectivity index (χ2v) is 6.08. The molecule has 0 atom stereocenters. The minimum Gasteiger partial charge on any atom is -0.465 e. The van der Waals surface area contributed by atoms with Crippen LogP contribution in [0.4, 0.5) is 13.2 Å². The van der Waals surface area contributed by atoms with Crippen LogP contribution in [0.3, 0.4) is 0 Å². The van der Waals surface area contributed by atoms with Crippen molar-refractivity contribution in [1.82, 2.24) is 9.80 Å². The van der Waals surface area contributed by atoms with Gasteiger partial charge >= 0.3 is 12.1 Å². The Labute approximate surface area is 159 Å². The van der Waals surface area contributed by atoms with E-state index in [-0.39, 0.29) is 37.1 Å². The fraction of sp³-hybridized carbons (Fsp3) is 0.444. The van der Waals surface area contributed by atoms with Crippen LogP contribution in [0, 0.1) is 0 Å². The van der Waals surface area contributed by atoms with E-state index in [4.69, 9.17) is 0 Å². The molecule has 1 heterocycles. The lowest BCUT2D eigenvalue weighted by Crippen LogP contribution is -2.42. The van der Waals surface area contributed by atoms with Gasteiger partial charge in [0.15, 0.2) is 0 Å². The van der Waals surface area contributed by atoms with Crippen LogP contribution in [0.2, 0.25) is 0 Å². The standard InChI is InChI=1S/C18H19F3N2O5/c1-2-28-15(25)10-22(11-18(19,20)21)14(24)8-5-9-23-16(26)12-6-3-4-7-13(12)17(23)27/h3-4,6-7H,2,5,8-11H2,1H3. The third kappa shape index (κ3) is 5.30. The highest BCUT2D eigenvalue weighted by atomic mass is 19.4. The fourth-order valence-corrected chi connectivity index (χ4v) is 2.80. The molecule has 0 aromatic heterocycles. The van der Waals surface area contributed by atoms with Crippen LogP contribution in [-0.4, -0.2) is 65.9 Å². The molecule has 1 aromatic rings. The summed E-state index contributed by atoms with van der Waals surface area (Å²) >= 11 is 0. The third-order valence-electron chi connectivity index (χ3n) is 4.00. The lowest BCUT2D eigenvalue weighted by molar-refractivity contribution is -0.167. The first-order valence-electron chi connectivity index (χ1n) is 8.59. The van der Waals surface area contributed by atoms with Crippen LogP contribution >= 0.6 is 0 Å². The van der Waals surface area contributed by atoms with Crippen molar-refractivity contribution in [2.24, 2.45) is 0 Å². The minimum absolute atomic E-state index is 0.0212. The summed E-state index contributed by atoms with van der Waals surface area (Å²) in [5.41, 5.74) is 0.500. The number of amides is 3. The number of fused-ring (bicyclic) bond motifs is 1. The number of rotatable bonds is 8. The maximum atomic E-state index is 12.7. The lowest BCUT2D eigenvalue weighted by atomic mass is 10.1. The molecule has 0 radical (unpaired) electrons. The summed E-state index contributed by atoms with van der Waals surface area (Å²) in [5, 5.41) is 0. The van der Waals surface area contributed by atoms with Gasteiger partial charge in [-0.15, -0.1) is 0 Å². The topological polar surface area (TPSA) is 84.0 Å². The Morgan fingerprint density at radius 3 is 2.18 bits per heavy atom. The molecule has 152 valence electrons. The van der Waals surface area contributed by atoms with Crippen LogP contribution in [0.1, 0.15) is 40.5 Å². The summed E-state index contributed by atoms with van der Waals surface area (Å²) in [5.74, 6) is -2.87. The molecule has 0 saturated heterocycles. The molecule has 7 nitrogen and oxygen atoms in total. The number of alkyl halides is 3. The highest BCUT2D eigenvalue weighted by Crippen LogP contribution is 2.23. The third-order valence-corrected chi connectivity index (χ3v) is 4.00. The molecule has 0 saturated carbocycles. The van der Waals surface area contributed by atoms with E-state index in [2.05, 4.69) is 4.74 Å². The van der Waals surface area contributed by atoms with Gasteiger partial charge in [0.25, 0.3) is 11.8 Å². The number of esters is 1. The Morgan fingerprint density at radius 2 is 1.68 bits per heavy atom. The normalized spacial score (nSPS) is 13.5. The Morgan fingerprint density at radius 1 is 1.11 bits per heavy atom. The minimum atomic E-state index is -4.68. The maximum Gasteiger partial charge on any atom is 0.406 e. The van der Waals surface area contributed by atoms with Crippen molar-refractivity contribution in [3.8, 4) is 0 Å². The summed E-state index contributed by atoms with van der Waals surface area (Å²) in [6.07, 6.45) is -5.06. The average molecular weight is 400 g/mol. The smallest absolute Gasteiger partial charge is 0.406 e. The number of nitrogens with zero attached hydrogens (tertiary/aromatic N) is 2. The Hall–Kier alpha value is -2.91. The largest absolute Gasteiger partial charge is 0.465 e. The van der Waals surface area contributed by atoms with E-state index < -0.39 is 43.0 Å². The molecule has 0 spiro atoms. The number of hydrogen-bond donors (Lipinski definition) is 0. The van der Waals surface area contributed by atoms with Crippen molar-refractivity contribution in [2.45, 2.75) is 25.9 Å². The molecule has 1 aliphatic rings. The van der Waals surface area contributed by atoms with Gasteiger partial charge in [-0.25, -0.2) is 0 Å². The molecule has 0 fully saturated rings. The van der Waals surface area contributed by atoms with Gasteiger partial charge in [-0.05, 0) is 25.5 Å². The Kier molecular flexibility index (Phi) is 6.76. The van der Waals surface area contributed by atoms with Crippen molar-refractivity contribution in [3.63, 3.8) is 0 Å². The molecular weight excluding hydrogens is 381 g/mol. The first kappa shape index (κ1) is 21.4. The summed E-state index contributed by atoms with van der Waals surface area (Å²) in [7, 11) is 0. The number of halogens is 3. The number of carbonyl (C=O) groups is 4. The quantitative estimate of drug-likeness (QED) is 0.492. The molecule has 1 aromatic carbocycles. The molecule has 1 aliphatic heterocycles. The van der Waals surface area contributed by atoms with E-state index in [0.29, 0.717) is 4.90 Å². The average Bonchev–Trinajstić information content (AvgIpc) is 2.85. The fourth-order valence-electron chi connectivity index (χ4n) is 2.80. The van der Waals surface area contributed by atoms with Gasteiger partial charge in [-0.2, -0.15) is 13.2 Å². The number of benzene rings is 1. The number of imide groups is 1. The van der Waals surface area contributed by atoms with Crippen molar-refractivity contribution in [3.05, 3.63) is 35.4 Å². The van der Waals surface area contributed by atoms with Crippen molar-refractivity contribution >= 4 is 23.7 Å². The van der Waals surface area contributed by atoms with Crippen LogP contribution in [0.25, 0.3) is 0 Å². The van der Waals surface area contributed by atoms with E-state index in [1.165, 1.54) is 19.1 Å². The molecule has 0 unspecified atom stereocenters. The van der Waals surface area contributed by atoms with Crippen molar-refractivity contribution in [2.75, 3.05) is 26.2 Å². The second-order valence-electron chi connectivity index (χ2n) is 6.08. The van der Waals surface area contributed by atoms with Crippen molar-refractivity contribution in [1.29, 1.82) is 0 Å². The predicted octanol–water partition coefficient (Wildman–Crippen LogP) is 2.02. The highest BCUT2D eigenvalue weighted by molar-refractivity contribution is 6.21. The van der Waals surface area contributed by atoms with Crippen LogP contribution < -0.4 is 0 Å². The van der Waals surface area contributed by atoms with Crippen molar-refractivity contribution < 1.29 is 37.1 Å². The predicted molar refractivity (Wildman–Crippen MR) is 90.3 cm³/mol. The zero-order valence-electron chi connectivity index (χ0n) is 15.1. The van der Waals surface area contributed by atoms with Gasteiger partial charge in [-0.3, -0.25) is 24.1 Å². The summed E-state index contributed by atoms with van der Waals surface area (Å²) in [6.45, 7) is -1.04. The van der Waals surface area contributed by atoms with E-state index >= 15 is 0 Å². The number of hydrogen-bond acceptors (Lipinski definition) is 5. The molecule has 2 rings (SSSR count). The first-order chi connectivity index (χ1) is 13.1. The number of carbonyl (C=O) groups excluding carboxylic acids is 4. The van der Waals surface area contributed by atoms with E-state index in [1.807, 2.05) is 0 Å². The molecule has 0 bridgehead atoms. The lowest BCUT2D eigenvalue weighted by Gasteiger charge is -2.23. The number of ether oxygens (including phenoxy) is 1. The van der Waals surface area contributed by atoms with E-state index in [0.717, 1.165) is 4.90 Å². The summed E-state index contributed by atoms with van der Waals surface area (Å²) in [4.78, 5) is 49.4. The second kappa shape index (κ2) is 8.85. The molecule has 0 aliphatic carbocycles. The van der Waals surface area contributed by atoms with Gasteiger partial charge in [-0.1, -0.05) is 12.1 Å². The molecule has 3 amide bonds. The van der Waals surface area contributed by atoms with Gasteiger partial charge in [0, 0.05) is 13.0 Å². The molecule has 10 heteroatoms.